The summed E-state index contributed by atoms with van der Waals surface area (Å²) in [7, 11) is 1.78. The van der Waals surface area contributed by atoms with E-state index in [1.54, 1.807) is 7.11 Å². The minimum absolute atomic E-state index is 0.886. The highest BCUT2D eigenvalue weighted by molar-refractivity contribution is 5.62. The van der Waals surface area contributed by atoms with Crippen LogP contribution >= 0.6 is 0 Å². The average molecular weight is 336 g/mol. The molecule has 1 aromatic heterocycles. The van der Waals surface area contributed by atoms with Gasteiger partial charge in [-0.3, -0.25) is 0 Å². The van der Waals surface area contributed by atoms with Crippen molar-refractivity contribution in [2.75, 3.05) is 7.11 Å². The van der Waals surface area contributed by atoms with Crippen molar-refractivity contribution in [3.63, 3.8) is 0 Å². The van der Waals surface area contributed by atoms with Crippen molar-refractivity contribution in [1.82, 2.24) is 9.55 Å². The summed E-state index contributed by atoms with van der Waals surface area (Å²) in [6.07, 6.45) is 16.3. The van der Waals surface area contributed by atoms with Crippen LogP contribution in [0.3, 0.4) is 0 Å². The van der Waals surface area contributed by atoms with E-state index >= 15 is 0 Å². The minimum Gasteiger partial charge on any atom is -0.496 e. The van der Waals surface area contributed by atoms with Crippen LogP contribution in [0.4, 0.5) is 0 Å². The van der Waals surface area contributed by atoms with Gasteiger partial charge in [0.05, 0.1) is 7.11 Å². The Kier molecular flexibility index (Phi) is 5.75. The number of allylic oxidation sites excluding steroid dienone is 2. The van der Waals surface area contributed by atoms with Crippen LogP contribution in [0.15, 0.2) is 36.2 Å². The Morgan fingerprint density at radius 3 is 2.76 bits per heavy atom. The van der Waals surface area contributed by atoms with Crippen LogP contribution in [0.1, 0.15) is 55.6 Å². The molecule has 25 heavy (non-hydrogen) atoms. The maximum atomic E-state index is 5.59. The molecule has 0 spiro atoms. The number of ether oxygens (including phenoxy) is 1. The standard InChI is InChI=1S/C22H28N2O/c1-4-8-22-23-13-14-24(22)16-17(5-2)15-18-11-12-21(25-3)20-10-7-6-9-19(18)20/h4,8,11-15H,5-7,9-10,16H2,1-3H3/b8-4+,17-15?. The lowest BCUT2D eigenvalue weighted by Gasteiger charge is -2.21. The average Bonchev–Trinajstić information content (AvgIpc) is 3.08. The number of imidazole rings is 1. The number of fused-ring (bicyclic) bond motifs is 1. The third kappa shape index (κ3) is 3.87. The van der Waals surface area contributed by atoms with Crippen molar-refractivity contribution in [3.8, 4) is 5.75 Å². The number of methoxy groups -OCH3 is 1. The van der Waals surface area contributed by atoms with Gasteiger partial charge in [0.25, 0.3) is 0 Å². The maximum Gasteiger partial charge on any atom is 0.132 e. The van der Waals surface area contributed by atoms with Gasteiger partial charge in [-0.2, -0.15) is 0 Å². The van der Waals surface area contributed by atoms with Gasteiger partial charge in [0.1, 0.15) is 11.6 Å². The van der Waals surface area contributed by atoms with E-state index in [1.807, 2.05) is 19.2 Å². The van der Waals surface area contributed by atoms with Gasteiger partial charge in [0.2, 0.25) is 0 Å². The normalized spacial score (nSPS) is 14.8. The fourth-order valence-corrected chi connectivity index (χ4v) is 3.65. The highest BCUT2D eigenvalue weighted by Crippen LogP contribution is 2.33. The summed E-state index contributed by atoms with van der Waals surface area (Å²) in [5.74, 6) is 2.06. The number of rotatable bonds is 6. The zero-order chi connectivity index (χ0) is 17.6. The predicted octanol–water partition coefficient (Wildman–Crippen LogP) is 5.30. The molecule has 0 aliphatic heterocycles. The zero-order valence-electron chi connectivity index (χ0n) is 15.6. The first kappa shape index (κ1) is 17.5. The predicted molar refractivity (Wildman–Crippen MR) is 105 cm³/mol. The summed E-state index contributed by atoms with van der Waals surface area (Å²) in [6.45, 7) is 5.14. The zero-order valence-corrected chi connectivity index (χ0v) is 15.6. The molecule has 0 N–H and O–H groups in total. The van der Waals surface area contributed by atoms with Crippen molar-refractivity contribution >= 4 is 12.2 Å². The molecule has 1 aromatic carbocycles. The lowest BCUT2D eigenvalue weighted by atomic mass is 9.87. The van der Waals surface area contributed by atoms with Crippen LogP contribution in [0.5, 0.6) is 5.75 Å². The third-order valence-electron chi connectivity index (χ3n) is 5.00. The molecule has 0 fully saturated rings. The molecule has 0 atom stereocenters. The number of hydrogen-bond acceptors (Lipinski definition) is 2. The van der Waals surface area contributed by atoms with Gasteiger partial charge in [-0.05, 0) is 67.9 Å². The van der Waals surface area contributed by atoms with Crippen molar-refractivity contribution in [1.29, 1.82) is 0 Å². The molecular formula is C22H28N2O. The number of aromatic nitrogens is 2. The highest BCUT2D eigenvalue weighted by atomic mass is 16.5. The molecule has 1 heterocycles. The Bertz CT molecular complexity index is 783. The monoisotopic (exact) mass is 336 g/mol. The first-order chi connectivity index (χ1) is 12.3. The quantitative estimate of drug-likeness (QED) is 0.716. The van der Waals surface area contributed by atoms with Crippen LogP contribution < -0.4 is 4.74 Å². The van der Waals surface area contributed by atoms with Gasteiger partial charge >= 0.3 is 0 Å². The van der Waals surface area contributed by atoms with Crippen LogP contribution in [0, 0.1) is 0 Å². The second-order valence-corrected chi connectivity index (χ2v) is 6.59. The lowest BCUT2D eigenvalue weighted by Crippen LogP contribution is -2.08. The molecule has 0 unspecified atom stereocenters. The molecular weight excluding hydrogens is 308 g/mol. The van der Waals surface area contributed by atoms with Gasteiger partial charge in [0, 0.05) is 18.9 Å². The van der Waals surface area contributed by atoms with Crippen LogP contribution in [-0.4, -0.2) is 16.7 Å². The Balaban J connectivity index is 1.93. The second-order valence-electron chi connectivity index (χ2n) is 6.59. The molecule has 0 amide bonds. The molecule has 3 heteroatoms. The molecule has 1 aliphatic rings. The van der Waals surface area contributed by atoms with Gasteiger partial charge in [0.15, 0.2) is 0 Å². The number of hydrogen-bond donors (Lipinski definition) is 0. The van der Waals surface area contributed by atoms with E-state index in [-0.39, 0.29) is 0 Å². The lowest BCUT2D eigenvalue weighted by molar-refractivity contribution is 0.406. The van der Waals surface area contributed by atoms with E-state index in [0.717, 1.165) is 37.4 Å². The summed E-state index contributed by atoms with van der Waals surface area (Å²) in [5, 5.41) is 0. The van der Waals surface area contributed by atoms with Crippen molar-refractivity contribution < 1.29 is 4.74 Å². The Hall–Kier alpha value is -2.29. The molecule has 3 rings (SSSR count). The Morgan fingerprint density at radius 2 is 2.04 bits per heavy atom. The fourth-order valence-electron chi connectivity index (χ4n) is 3.65. The number of benzene rings is 1. The van der Waals surface area contributed by atoms with Crippen molar-refractivity contribution in [3.05, 3.63) is 58.7 Å². The van der Waals surface area contributed by atoms with E-state index < -0.39 is 0 Å². The molecule has 0 saturated heterocycles. The molecule has 3 nitrogen and oxygen atoms in total. The maximum absolute atomic E-state index is 5.59. The smallest absolute Gasteiger partial charge is 0.132 e. The molecule has 132 valence electrons. The minimum atomic E-state index is 0.886. The van der Waals surface area contributed by atoms with Gasteiger partial charge < -0.3 is 9.30 Å². The van der Waals surface area contributed by atoms with Crippen LogP contribution in [-0.2, 0) is 19.4 Å². The first-order valence-electron chi connectivity index (χ1n) is 9.28. The molecule has 0 radical (unpaired) electrons. The summed E-state index contributed by atoms with van der Waals surface area (Å²) in [5.41, 5.74) is 5.67. The van der Waals surface area contributed by atoms with Gasteiger partial charge in [-0.25, -0.2) is 4.98 Å². The summed E-state index contributed by atoms with van der Waals surface area (Å²) in [4.78, 5) is 4.43. The van der Waals surface area contributed by atoms with Crippen molar-refractivity contribution in [2.24, 2.45) is 0 Å². The molecule has 0 saturated carbocycles. The third-order valence-corrected chi connectivity index (χ3v) is 5.00. The SMILES string of the molecule is C/C=C/c1nccn1CC(=Cc1ccc(OC)c2c1CCCC2)CC. The summed E-state index contributed by atoms with van der Waals surface area (Å²) < 4.78 is 7.80. The topological polar surface area (TPSA) is 27.1 Å². The Labute approximate surface area is 151 Å². The van der Waals surface area contributed by atoms with E-state index in [1.165, 1.54) is 35.1 Å². The summed E-state index contributed by atoms with van der Waals surface area (Å²) in [6, 6.07) is 4.35. The highest BCUT2D eigenvalue weighted by Gasteiger charge is 2.17. The molecule has 0 bridgehead atoms. The first-order valence-corrected chi connectivity index (χ1v) is 9.28. The van der Waals surface area contributed by atoms with Crippen molar-refractivity contribution in [2.45, 2.75) is 52.5 Å². The van der Waals surface area contributed by atoms with E-state index in [2.05, 4.69) is 47.0 Å². The van der Waals surface area contributed by atoms with Gasteiger partial charge in [-0.15, -0.1) is 0 Å². The molecule has 1 aliphatic carbocycles. The Morgan fingerprint density at radius 1 is 1.24 bits per heavy atom. The fraction of sp³-hybridized carbons (Fsp3) is 0.409. The second kappa shape index (κ2) is 8.19. The molecule has 2 aromatic rings. The number of nitrogens with zero attached hydrogens (tertiary/aromatic N) is 2. The van der Waals surface area contributed by atoms with E-state index in [0.29, 0.717) is 0 Å². The van der Waals surface area contributed by atoms with Gasteiger partial charge in [-0.1, -0.05) is 30.7 Å². The van der Waals surface area contributed by atoms with Crippen LogP contribution in [0.2, 0.25) is 0 Å². The van der Waals surface area contributed by atoms with E-state index in [4.69, 9.17) is 4.74 Å². The van der Waals surface area contributed by atoms with E-state index in [9.17, 15) is 0 Å². The largest absolute Gasteiger partial charge is 0.496 e. The summed E-state index contributed by atoms with van der Waals surface area (Å²) >= 11 is 0. The van der Waals surface area contributed by atoms with Crippen LogP contribution in [0.25, 0.3) is 12.2 Å².